The normalized spacial score (nSPS) is 21.1. The van der Waals surface area contributed by atoms with Crippen molar-refractivity contribution < 1.29 is 23.5 Å². The largest absolute Gasteiger partial charge is 0.467 e. The molecular formula is C20H18ClN3O5. The summed E-state index contributed by atoms with van der Waals surface area (Å²) in [5.41, 5.74) is 1.54. The number of carbonyl (C=O) groups excluding carboxylic acids is 3. The summed E-state index contributed by atoms with van der Waals surface area (Å²) in [6.07, 6.45) is 2.62. The summed E-state index contributed by atoms with van der Waals surface area (Å²) in [4.78, 5) is 36.1. The Morgan fingerprint density at radius 3 is 2.72 bits per heavy atom. The number of halogens is 1. The predicted molar refractivity (Wildman–Crippen MR) is 103 cm³/mol. The summed E-state index contributed by atoms with van der Waals surface area (Å²) in [6, 6.07) is 9.53. The highest BCUT2D eigenvalue weighted by molar-refractivity contribution is 6.30. The SMILES string of the molecule is O=C1CC[C@H](C(=O)OCC(=O)N2N=C(c3ccc(Cl)cc3)C[C@H]2c2ccco2)N1. The number of ether oxygens (including phenoxy) is 1. The van der Waals surface area contributed by atoms with E-state index in [9.17, 15) is 14.4 Å². The number of hydrazone groups is 1. The van der Waals surface area contributed by atoms with Crippen LogP contribution in [0, 0.1) is 0 Å². The van der Waals surface area contributed by atoms with Gasteiger partial charge in [-0.3, -0.25) is 9.59 Å². The fraction of sp³-hybridized carbons (Fsp3) is 0.300. The summed E-state index contributed by atoms with van der Waals surface area (Å²) in [5.74, 6) is -0.721. The molecule has 1 saturated heterocycles. The summed E-state index contributed by atoms with van der Waals surface area (Å²) < 4.78 is 10.6. The fourth-order valence-electron chi connectivity index (χ4n) is 3.35. The molecule has 0 aliphatic carbocycles. The second kappa shape index (κ2) is 8.08. The van der Waals surface area contributed by atoms with E-state index >= 15 is 0 Å². The maximum Gasteiger partial charge on any atom is 0.329 e. The zero-order valence-corrected chi connectivity index (χ0v) is 16.1. The fourth-order valence-corrected chi connectivity index (χ4v) is 3.48. The zero-order valence-electron chi connectivity index (χ0n) is 15.3. The van der Waals surface area contributed by atoms with Gasteiger partial charge in [0.1, 0.15) is 17.8 Å². The van der Waals surface area contributed by atoms with Crippen LogP contribution < -0.4 is 5.32 Å². The van der Waals surface area contributed by atoms with Crippen molar-refractivity contribution in [3.8, 4) is 0 Å². The van der Waals surface area contributed by atoms with Gasteiger partial charge < -0.3 is 14.5 Å². The molecule has 0 radical (unpaired) electrons. The van der Waals surface area contributed by atoms with Crippen LogP contribution >= 0.6 is 11.6 Å². The van der Waals surface area contributed by atoms with Crippen LogP contribution in [-0.4, -0.2) is 41.2 Å². The zero-order chi connectivity index (χ0) is 20.4. The van der Waals surface area contributed by atoms with Crippen LogP contribution in [0.5, 0.6) is 0 Å². The number of furan rings is 1. The topological polar surface area (TPSA) is 101 Å². The molecule has 1 N–H and O–H groups in total. The molecule has 0 bridgehead atoms. The smallest absolute Gasteiger partial charge is 0.329 e. The van der Waals surface area contributed by atoms with Crippen molar-refractivity contribution in [1.29, 1.82) is 0 Å². The molecule has 150 valence electrons. The minimum Gasteiger partial charge on any atom is -0.467 e. The Kier molecular flexibility index (Phi) is 5.35. The Morgan fingerprint density at radius 1 is 1.28 bits per heavy atom. The third-order valence-electron chi connectivity index (χ3n) is 4.83. The molecular weight excluding hydrogens is 398 g/mol. The molecule has 2 atom stereocenters. The summed E-state index contributed by atoms with van der Waals surface area (Å²) in [6.45, 7) is -0.472. The number of benzene rings is 1. The minimum atomic E-state index is -0.706. The maximum absolute atomic E-state index is 12.8. The highest BCUT2D eigenvalue weighted by Crippen LogP contribution is 2.33. The standard InChI is InChI=1S/C20H18ClN3O5/c21-13-5-3-12(4-6-13)15-10-16(17-2-1-9-28-17)24(23-15)19(26)11-29-20(27)14-7-8-18(25)22-14/h1-6,9,14,16H,7-8,10-11H2,(H,22,25)/t14-,16+/m1/s1. The lowest BCUT2D eigenvalue weighted by Crippen LogP contribution is -2.37. The van der Waals surface area contributed by atoms with Crippen molar-refractivity contribution >= 4 is 35.1 Å². The number of hydrogen-bond donors (Lipinski definition) is 1. The Balaban J connectivity index is 1.48. The van der Waals surface area contributed by atoms with E-state index in [1.807, 2.05) is 12.1 Å². The second-order valence-electron chi connectivity index (χ2n) is 6.79. The number of nitrogens with zero attached hydrogens (tertiary/aromatic N) is 2. The number of nitrogens with one attached hydrogen (secondary N) is 1. The Hall–Kier alpha value is -3.13. The molecule has 2 amide bonds. The Bertz CT molecular complexity index is 955. The molecule has 0 unspecified atom stereocenters. The number of rotatable bonds is 5. The van der Waals surface area contributed by atoms with Gasteiger partial charge in [0.2, 0.25) is 5.91 Å². The first-order valence-corrected chi connectivity index (χ1v) is 9.54. The molecule has 1 aromatic heterocycles. The third kappa shape index (κ3) is 4.17. The quantitative estimate of drug-likeness (QED) is 0.756. The molecule has 29 heavy (non-hydrogen) atoms. The van der Waals surface area contributed by atoms with Crippen LogP contribution in [0.4, 0.5) is 0 Å². The van der Waals surface area contributed by atoms with Crippen LogP contribution in [0.2, 0.25) is 5.02 Å². The first kappa shape index (κ1) is 19.2. The molecule has 2 aliphatic heterocycles. The molecule has 2 aliphatic rings. The van der Waals surface area contributed by atoms with Gasteiger partial charge in [-0.1, -0.05) is 23.7 Å². The molecule has 0 spiro atoms. The van der Waals surface area contributed by atoms with Gasteiger partial charge in [0.05, 0.1) is 12.0 Å². The molecule has 3 heterocycles. The van der Waals surface area contributed by atoms with Crippen molar-refractivity contribution in [3.63, 3.8) is 0 Å². The molecule has 2 aromatic rings. The van der Waals surface area contributed by atoms with Crippen molar-refractivity contribution in [2.75, 3.05) is 6.61 Å². The Labute approximate surface area is 171 Å². The lowest BCUT2D eigenvalue weighted by Gasteiger charge is -2.20. The molecule has 4 rings (SSSR count). The van der Waals surface area contributed by atoms with Crippen molar-refractivity contribution in [3.05, 3.63) is 59.0 Å². The van der Waals surface area contributed by atoms with Crippen molar-refractivity contribution in [2.45, 2.75) is 31.3 Å². The summed E-state index contributed by atoms with van der Waals surface area (Å²) in [7, 11) is 0. The third-order valence-corrected chi connectivity index (χ3v) is 5.08. The van der Waals surface area contributed by atoms with Crippen LogP contribution in [0.1, 0.15) is 36.6 Å². The van der Waals surface area contributed by atoms with E-state index in [2.05, 4.69) is 10.4 Å². The summed E-state index contributed by atoms with van der Waals surface area (Å²) in [5, 5.41) is 8.85. The van der Waals surface area contributed by atoms with E-state index in [1.54, 1.807) is 24.3 Å². The highest BCUT2D eigenvalue weighted by atomic mass is 35.5. The lowest BCUT2D eigenvalue weighted by molar-refractivity contribution is -0.154. The van der Waals surface area contributed by atoms with Crippen molar-refractivity contribution in [1.82, 2.24) is 10.3 Å². The van der Waals surface area contributed by atoms with E-state index in [0.717, 1.165) is 5.56 Å². The average Bonchev–Trinajstić information content (AvgIpc) is 3.46. The van der Waals surface area contributed by atoms with Gasteiger partial charge in [-0.05, 0) is 36.2 Å². The molecule has 9 heteroatoms. The summed E-state index contributed by atoms with van der Waals surface area (Å²) >= 11 is 5.95. The Morgan fingerprint density at radius 2 is 2.07 bits per heavy atom. The van der Waals surface area contributed by atoms with Gasteiger partial charge in [0.25, 0.3) is 5.91 Å². The van der Waals surface area contributed by atoms with Gasteiger partial charge in [0, 0.05) is 17.9 Å². The van der Waals surface area contributed by atoms with Crippen LogP contribution in [0.15, 0.2) is 52.2 Å². The second-order valence-corrected chi connectivity index (χ2v) is 7.23. The van der Waals surface area contributed by atoms with E-state index in [4.69, 9.17) is 20.8 Å². The van der Waals surface area contributed by atoms with E-state index < -0.39 is 30.6 Å². The van der Waals surface area contributed by atoms with E-state index in [0.29, 0.717) is 29.3 Å². The van der Waals surface area contributed by atoms with Gasteiger partial charge >= 0.3 is 5.97 Å². The molecule has 0 saturated carbocycles. The number of amides is 2. The van der Waals surface area contributed by atoms with Gasteiger partial charge in [-0.15, -0.1) is 0 Å². The first-order valence-electron chi connectivity index (χ1n) is 9.16. The lowest BCUT2D eigenvalue weighted by atomic mass is 10.0. The van der Waals surface area contributed by atoms with E-state index in [-0.39, 0.29) is 12.3 Å². The molecule has 1 fully saturated rings. The first-order chi connectivity index (χ1) is 14.0. The number of hydrogen-bond acceptors (Lipinski definition) is 6. The van der Waals surface area contributed by atoms with Crippen molar-refractivity contribution in [2.24, 2.45) is 5.10 Å². The van der Waals surface area contributed by atoms with Gasteiger partial charge in [-0.25, -0.2) is 9.80 Å². The molecule has 8 nitrogen and oxygen atoms in total. The molecule has 1 aromatic carbocycles. The van der Waals surface area contributed by atoms with E-state index in [1.165, 1.54) is 11.3 Å². The number of esters is 1. The van der Waals surface area contributed by atoms with Gasteiger partial charge in [0.15, 0.2) is 6.61 Å². The van der Waals surface area contributed by atoms with Crippen LogP contribution in [-0.2, 0) is 19.1 Å². The monoisotopic (exact) mass is 415 g/mol. The predicted octanol–water partition coefficient (Wildman–Crippen LogP) is 2.43. The maximum atomic E-state index is 12.8. The average molecular weight is 416 g/mol. The minimum absolute atomic E-state index is 0.201. The number of carbonyl (C=O) groups is 3. The van der Waals surface area contributed by atoms with Crippen LogP contribution in [0.3, 0.4) is 0 Å². The van der Waals surface area contributed by atoms with Gasteiger partial charge in [-0.2, -0.15) is 5.10 Å². The van der Waals surface area contributed by atoms with Crippen LogP contribution in [0.25, 0.3) is 0 Å². The highest BCUT2D eigenvalue weighted by Gasteiger charge is 2.36.